The van der Waals surface area contributed by atoms with Crippen LogP contribution in [0.25, 0.3) is 0 Å². The number of halogens is 14. The SMILES string of the molecule is C1=COC2(CCCCC2)O1.CC1(C)OC=CO1.CC1=COC(C)(C)O1.FC(F)(F)C1(C(F)(F)F)OC=CO1.FC1(F)OC(F)(F)C2(OC=CO2)C(F)(F)O1.FC1(F)OC=CO1. The molecule has 2 fully saturated rings. The molecule has 7 heterocycles. The lowest BCUT2D eigenvalue weighted by atomic mass is 9.94. The minimum absolute atomic E-state index is 0.195. The zero-order valence-electron chi connectivity index (χ0n) is 31.9. The van der Waals surface area contributed by atoms with Crippen molar-refractivity contribution in [1.82, 2.24) is 0 Å². The molecular weight excluding hydrogens is 886 g/mol. The van der Waals surface area contributed by atoms with Crippen LogP contribution in [0.1, 0.15) is 66.7 Å². The number of hydrogen-bond acceptors (Lipinski definition) is 14. The van der Waals surface area contributed by atoms with Crippen LogP contribution in [0, 0.1) is 0 Å². The van der Waals surface area contributed by atoms with Crippen LogP contribution in [0.3, 0.4) is 0 Å². The third-order valence-electron chi connectivity index (χ3n) is 7.43. The fourth-order valence-corrected chi connectivity index (χ4v) is 4.85. The van der Waals surface area contributed by atoms with Gasteiger partial charge in [-0.05, 0) is 19.8 Å². The summed E-state index contributed by atoms with van der Waals surface area (Å²) in [6.45, 7) is 9.33. The Morgan fingerprint density at radius 3 is 1.10 bits per heavy atom. The van der Waals surface area contributed by atoms with Crippen LogP contribution in [-0.4, -0.2) is 66.1 Å². The molecular formula is C33H36F14O14. The van der Waals surface area contributed by atoms with E-state index in [9.17, 15) is 61.5 Å². The summed E-state index contributed by atoms with van der Waals surface area (Å²) < 4.78 is 229. The fraction of sp³-hybridized carbons (Fsp3) is 0.636. The number of rotatable bonds is 0. The van der Waals surface area contributed by atoms with Crippen LogP contribution in [0.5, 0.6) is 0 Å². The van der Waals surface area contributed by atoms with E-state index in [4.69, 9.17) is 28.4 Å². The van der Waals surface area contributed by atoms with Gasteiger partial charge in [0.05, 0.1) is 0 Å². The van der Waals surface area contributed by atoms with Crippen LogP contribution in [0.15, 0.2) is 74.6 Å². The predicted molar refractivity (Wildman–Crippen MR) is 166 cm³/mol. The Morgan fingerprint density at radius 2 is 0.820 bits per heavy atom. The van der Waals surface area contributed by atoms with Gasteiger partial charge in [0.15, 0.2) is 0 Å². The summed E-state index contributed by atoms with van der Waals surface area (Å²) in [5.41, 5.74) is 0. The van der Waals surface area contributed by atoms with Gasteiger partial charge in [0.25, 0.3) is 0 Å². The smallest absolute Gasteiger partial charge is 0.457 e. The van der Waals surface area contributed by atoms with Gasteiger partial charge >= 0.3 is 48.7 Å². The number of allylic oxidation sites excluding steroid dienone is 1. The van der Waals surface area contributed by atoms with E-state index in [-0.39, 0.29) is 18.3 Å². The predicted octanol–water partition coefficient (Wildman–Crippen LogP) is 10.4. The Balaban J connectivity index is 0.000000201. The molecule has 8 aliphatic rings. The first-order chi connectivity index (χ1) is 27.8. The molecule has 0 N–H and O–H groups in total. The molecule has 0 atom stereocenters. The van der Waals surface area contributed by atoms with Crippen molar-refractivity contribution in [3.63, 3.8) is 0 Å². The highest BCUT2D eigenvalue weighted by atomic mass is 19.4. The fourth-order valence-electron chi connectivity index (χ4n) is 4.85. The van der Waals surface area contributed by atoms with Crippen LogP contribution in [0.4, 0.5) is 61.5 Å². The summed E-state index contributed by atoms with van der Waals surface area (Å²) in [5, 5.41) is 0. The average molecular weight is 923 g/mol. The lowest BCUT2D eigenvalue weighted by molar-refractivity contribution is -0.629. The van der Waals surface area contributed by atoms with Gasteiger partial charge in [-0.3, -0.25) is 0 Å². The van der Waals surface area contributed by atoms with Crippen LogP contribution in [-0.2, 0) is 66.3 Å². The second-order valence-corrected chi connectivity index (χ2v) is 13.2. The van der Waals surface area contributed by atoms with Crippen molar-refractivity contribution in [2.75, 3.05) is 0 Å². The van der Waals surface area contributed by atoms with E-state index in [2.05, 4.69) is 37.9 Å². The second kappa shape index (κ2) is 18.1. The summed E-state index contributed by atoms with van der Waals surface area (Å²) in [6.07, 6.45) is -13.6. The first-order valence-corrected chi connectivity index (χ1v) is 16.9. The first kappa shape index (κ1) is 50.3. The van der Waals surface area contributed by atoms with Gasteiger partial charge in [-0.1, -0.05) is 6.42 Å². The third kappa shape index (κ3) is 13.0. The summed E-state index contributed by atoms with van der Waals surface area (Å²) in [6, 6.07) is 0. The lowest BCUT2D eigenvalue weighted by Gasteiger charge is -2.43. The van der Waals surface area contributed by atoms with Crippen molar-refractivity contribution in [2.45, 2.75) is 133 Å². The van der Waals surface area contributed by atoms with Gasteiger partial charge in [0, 0.05) is 40.5 Å². The summed E-state index contributed by atoms with van der Waals surface area (Å²) in [7, 11) is 0. The van der Waals surface area contributed by atoms with Crippen molar-refractivity contribution in [3.8, 4) is 0 Å². The average Bonchev–Trinajstić information content (AvgIpc) is 3.95. The Hall–Kier alpha value is -5.02. The van der Waals surface area contributed by atoms with Crippen LogP contribution in [0.2, 0.25) is 0 Å². The van der Waals surface area contributed by atoms with Gasteiger partial charge in [-0.2, -0.15) is 43.9 Å². The molecule has 1 saturated carbocycles. The Kier molecular flexibility index (Phi) is 15.0. The molecule has 0 amide bonds. The van der Waals surface area contributed by atoms with Crippen LogP contribution < -0.4 is 0 Å². The molecule has 2 spiro atoms. The van der Waals surface area contributed by atoms with E-state index in [0.717, 1.165) is 31.1 Å². The normalized spacial score (nSPS) is 26.0. The van der Waals surface area contributed by atoms with Gasteiger partial charge in [0.2, 0.25) is 17.4 Å². The maximum atomic E-state index is 13.0. The Bertz CT molecular complexity index is 1520. The maximum Gasteiger partial charge on any atom is 0.585 e. The molecule has 350 valence electrons. The van der Waals surface area contributed by atoms with Crippen molar-refractivity contribution in [2.24, 2.45) is 0 Å². The van der Waals surface area contributed by atoms with E-state index >= 15 is 0 Å². The zero-order chi connectivity index (χ0) is 46.3. The zero-order valence-corrected chi connectivity index (χ0v) is 31.9. The van der Waals surface area contributed by atoms with E-state index in [0.29, 0.717) is 12.5 Å². The number of ether oxygens (including phenoxy) is 14. The van der Waals surface area contributed by atoms with Crippen molar-refractivity contribution >= 4 is 0 Å². The molecule has 0 unspecified atom stereocenters. The van der Waals surface area contributed by atoms with Crippen molar-refractivity contribution in [1.29, 1.82) is 0 Å². The first-order valence-electron chi connectivity index (χ1n) is 16.9. The van der Waals surface area contributed by atoms with Crippen molar-refractivity contribution < 1.29 is 128 Å². The van der Waals surface area contributed by atoms with E-state index < -0.39 is 60.3 Å². The molecule has 0 radical (unpaired) electrons. The molecule has 14 nitrogen and oxygen atoms in total. The maximum absolute atomic E-state index is 13.0. The minimum atomic E-state index is -5.67. The third-order valence-corrected chi connectivity index (χ3v) is 7.43. The van der Waals surface area contributed by atoms with Gasteiger partial charge < -0.3 is 56.8 Å². The highest BCUT2D eigenvalue weighted by Gasteiger charge is 2.85. The monoisotopic (exact) mass is 922 g/mol. The molecule has 0 bridgehead atoms. The topological polar surface area (TPSA) is 129 Å². The summed E-state index contributed by atoms with van der Waals surface area (Å²) in [4.78, 5) is 0. The molecule has 0 aromatic rings. The highest BCUT2D eigenvalue weighted by Crippen LogP contribution is 2.56. The van der Waals surface area contributed by atoms with E-state index in [1.807, 2.05) is 34.6 Å². The van der Waals surface area contributed by atoms with Crippen molar-refractivity contribution in [3.05, 3.63) is 74.6 Å². The quantitative estimate of drug-likeness (QED) is 0.214. The van der Waals surface area contributed by atoms with E-state index in [1.165, 1.54) is 19.3 Å². The molecule has 1 aliphatic carbocycles. The Labute approximate surface area is 335 Å². The summed E-state index contributed by atoms with van der Waals surface area (Å²) in [5.74, 6) is -8.86. The molecule has 8 rings (SSSR count). The van der Waals surface area contributed by atoms with E-state index in [1.54, 1.807) is 31.3 Å². The molecule has 0 aromatic heterocycles. The minimum Gasteiger partial charge on any atom is -0.457 e. The standard InChI is InChI=1S/C8H12O2.C6H2F6O4.C6H10O2.C5H2F6O2.C5H8O2.C3H2F2O2/c1-2-4-8(5-3-1)9-6-7-10-8;7-4(8)3(13-1-2-14-3)5(9,10)16-6(11,12)15-4;1-5-4-7-6(2,3)8-5;6-4(7,8)3(5(9,10)11)12-1-2-13-3;1-5(2)6-3-4-7-5;4-3(5)6-1-2-7-3/h6-7H,1-5H2;1-2H;4H,1-3H3;1-2H;3-4H,1-2H3;1-2H. The molecule has 61 heavy (non-hydrogen) atoms. The largest absolute Gasteiger partial charge is 0.585 e. The lowest BCUT2D eigenvalue weighted by Crippen LogP contribution is -2.70. The number of alkyl halides is 14. The van der Waals surface area contributed by atoms with Gasteiger partial charge in [-0.15, -0.1) is 17.6 Å². The van der Waals surface area contributed by atoms with Gasteiger partial charge in [0.1, 0.15) is 74.6 Å². The molecule has 7 aliphatic heterocycles. The molecule has 0 aromatic carbocycles. The van der Waals surface area contributed by atoms with Crippen LogP contribution >= 0.6 is 0 Å². The number of hydrogen-bond donors (Lipinski definition) is 0. The summed E-state index contributed by atoms with van der Waals surface area (Å²) >= 11 is 0. The second-order valence-electron chi connectivity index (χ2n) is 13.2. The van der Waals surface area contributed by atoms with Gasteiger partial charge in [-0.25, -0.2) is 9.47 Å². The Morgan fingerprint density at radius 1 is 0.443 bits per heavy atom. The molecule has 28 heteroatoms. The highest BCUT2D eigenvalue weighted by molar-refractivity contribution is 4.99. The molecule has 1 saturated heterocycles.